The van der Waals surface area contributed by atoms with E-state index in [1.807, 2.05) is 54.6 Å². The van der Waals surface area contributed by atoms with E-state index in [9.17, 15) is 0 Å². The van der Waals surface area contributed by atoms with Crippen molar-refractivity contribution in [3.05, 3.63) is 100 Å². The second kappa shape index (κ2) is 10.8. The van der Waals surface area contributed by atoms with Gasteiger partial charge in [-0.15, -0.1) is 0 Å². The van der Waals surface area contributed by atoms with Crippen molar-refractivity contribution < 1.29 is 0 Å². The zero-order valence-corrected chi connectivity index (χ0v) is 18.0. The Morgan fingerprint density at radius 3 is 2.03 bits per heavy atom. The lowest BCUT2D eigenvalue weighted by molar-refractivity contribution is 0.834. The summed E-state index contributed by atoms with van der Waals surface area (Å²) >= 11 is 12.6. The van der Waals surface area contributed by atoms with Gasteiger partial charge in [0, 0.05) is 16.8 Å². The molecule has 4 aromatic carbocycles. The summed E-state index contributed by atoms with van der Waals surface area (Å²) < 4.78 is 0. The number of hydrogen-bond donors (Lipinski definition) is 1. The highest BCUT2D eigenvalue weighted by atomic mass is 35.5. The molecule has 0 bridgehead atoms. The average Bonchev–Trinajstić information content (AvgIpc) is 2.79. The lowest BCUT2D eigenvalue weighted by Gasteiger charge is -2.06. The summed E-state index contributed by atoms with van der Waals surface area (Å²) in [6, 6.07) is 26.2. The number of halogens is 2. The molecule has 4 heteroatoms. The Bertz CT molecular complexity index is 1220. The third kappa shape index (κ3) is 5.20. The fraction of sp³-hybridized carbons (Fsp3) is 0.115. The maximum atomic E-state index is 8.45. The van der Waals surface area contributed by atoms with Gasteiger partial charge in [0.15, 0.2) is 0 Å². The summed E-state index contributed by atoms with van der Waals surface area (Å²) in [5.74, 6) is 0. The number of aryl methyl sites for hydroxylation is 1. The predicted molar refractivity (Wildman–Crippen MR) is 130 cm³/mol. The highest BCUT2D eigenvalue weighted by Gasteiger charge is 2.04. The molecule has 0 fully saturated rings. The first-order valence-corrected chi connectivity index (χ1v) is 10.5. The van der Waals surface area contributed by atoms with E-state index in [0.717, 1.165) is 39.6 Å². The molecule has 30 heavy (non-hydrogen) atoms. The SMILES string of the molecule is N#C/C=C/c1ccc2ccccc2c1Cl.NCCCc1ccc2ccccc2c1Cl. The van der Waals surface area contributed by atoms with Crippen molar-refractivity contribution in [1.82, 2.24) is 0 Å². The van der Waals surface area contributed by atoms with Crippen LogP contribution in [0.2, 0.25) is 10.0 Å². The Kier molecular flexibility index (Phi) is 7.88. The van der Waals surface area contributed by atoms with Crippen LogP contribution in [0.15, 0.2) is 78.9 Å². The van der Waals surface area contributed by atoms with Gasteiger partial charge >= 0.3 is 0 Å². The molecule has 0 saturated heterocycles. The first-order valence-electron chi connectivity index (χ1n) is 9.75. The van der Waals surface area contributed by atoms with E-state index in [4.69, 9.17) is 34.2 Å². The lowest BCUT2D eigenvalue weighted by Crippen LogP contribution is -2.00. The molecule has 0 spiro atoms. The minimum atomic E-state index is 0.694. The van der Waals surface area contributed by atoms with Gasteiger partial charge in [-0.25, -0.2) is 0 Å². The molecule has 2 nitrogen and oxygen atoms in total. The van der Waals surface area contributed by atoms with Crippen LogP contribution in [0.4, 0.5) is 0 Å². The van der Waals surface area contributed by atoms with Crippen molar-refractivity contribution in [3.8, 4) is 6.07 Å². The molecule has 4 aromatic rings. The van der Waals surface area contributed by atoms with Crippen LogP contribution in [0, 0.1) is 11.3 Å². The molecule has 0 atom stereocenters. The van der Waals surface area contributed by atoms with Crippen LogP contribution in [0.5, 0.6) is 0 Å². The summed E-state index contributed by atoms with van der Waals surface area (Å²) in [7, 11) is 0. The quantitative estimate of drug-likeness (QED) is 0.341. The Hall–Kier alpha value is -2.83. The third-order valence-corrected chi connectivity index (χ3v) is 5.69. The van der Waals surface area contributed by atoms with Crippen LogP contribution >= 0.6 is 23.2 Å². The first-order chi connectivity index (χ1) is 14.7. The number of benzene rings is 4. The van der Waals surface area contributed by atoms with E-state index in [1.54, 1.807) is 6.08 Å². The van der Waals surface area contributed by atoms with Crippen molar-refractivity contribution in [3.63, 3.8) is 0 Å². The van der Waals surface area contributed by atoms with Gasteiger partial charge in [0.2, 0.25) is 0 Å². The van der Waals surface area contributed by atoms with E-state index in [-0.39, 0.29) is 0 Å². The van der Waals surface area contributed by atoms with E-state index in [2.05, 4.69) is 24.3 Å². The standard InChI is InChI=1S/C13H14ClN.C13H8ClN/c2*14-13-11(5-3-9-15)8-7-10-4-1-2-6-12(10)13/h1-2,4,6-8H,3,5,9,15H2;1-8H/b;5-3+. The molecule has 0 heterocycles. The molecule has 150 valence electrons. The number of nitriles is 1. The van der Waals surface area contributed by atoms with E-state index >= 15 is 0 Å². The molecule has 0 radical (unpaired) electrons. The summed E-state index contributed by atoms with van der Waals surface area (Å²) in [6.07, 6.45) is 5.09. The molecule has 0 saturated carbocycles. The first kappa shape index (κ1) is 21.9. The fourth-order valence-corrected chi connectivity index (χ4v) is 3.90. The number of nitrogens with two attached hydrogens (primary N) is 1. The van der Waals surface area contributed by atoms with E-state index in [1.165, 1.54) is 17.0 Å². The molecular weight excluding hydrogens is 411 g/mol. The maximum absolute atomic E-state index is 8.45. The molecular formula is C26H22Cl2N2. The van der Waals surface area contributed by atoms with Gasteiger partial charge in [-0.3, -0.25) is 0 Å². The number of nitrogens with zero attached hydrogens (tertiary/aromatic N) is 1. The predicted octanol–water partition coefficient (Wildman–Crippen LogP) is 7.41. The summed E-state index contributed by atoms with van der Waals surface area (Å²) in [5.41, 5.74) is 7.56. The molecule has 0 aromatic heterocycles. The smallest absolute Gasteiger partial charge is 0.0912 e. The summed E-state index contributed by atoms with van der Waals surface area (Å²) in [4.78, 5) is 0. The normalized spacial score (nSPS) is 10.7. The highest BCUT2D eigenvalue weighted by molar-refractivity contribution is 6.37. The van der Waals surface area contributed by atoms with Crippen LogP contribution in [0.1, 0.15) is 17.5 Å². The van der Waals surface area contributed by atoms with Crippen LogP contribution in [-0.2, 0) is 6.42 Å². The topological polar surface area (TPSA) is 49.8 Å². The third-order valence-electron chi connectivity index (χ3n) is 4.82. The van der Waals surface area contributed by atoms with Crippen molar-refractivity contribution in [2.45, 2.75) is 12.8 Å². The molecule has 2 N–H and O–H groups in total. The number of hydrogen-bond acceptors (Lipinski definition) is 2. The highest BCUT2D eigenvalue weighted by Crippen LogP contribution is 2.28. The Morgan fingerprint density at radius 2 is 1.40 bits per heavy atom. The average molecular weight is 433 g/mol. The van der Waals surface area contributed by atoms with E-state index < -0.39 is 0 Å². The van der Waals surface area contributed by atoms with Gasteiger partial charge in [-0.1, -0.05) is 96.0 Å². The Balaban J connectivity index is 0.000000171. The molecule has 0 aliphatic carbocycles. The largest absolute Gasteiger partial charge is 0.330 e. The van der Waals surface area contributed by atoms with Crippen molar-refractivity contribution >= 4 is 50.8 Å². The van der Waals surface area contributed by atoms with Crippen molar-refractivity contribution in [2.75, 3.05) is 6.54 Å². The van der Waals surface area contributed by atoms with Crippen LogP contribution in [-0.4, -0.2) is 6.54 Å². The Morgan fingerprint density at radius 1 is 0.800 bits per heavy atom. The lowest BCUT2D eigenvalue weighted by atomic mass is 10.0. The van der Waals surface area contributed by atoms with Gasteiger partial charge < -0.3 is 5.73 Å². The zero-order chi connectivity index (χ0) is 21.3. The van der Waals surface area contributed by atoms with Gasteiger partial charge in [-0.05, 0) is 47.4 Å². The second-order valence-electron chi connectivity index (χ2n) is 6.80. The number of fused-ring (bicyclic) bond motifs is 2. The zero-order valence-electron chi connectivity index (χ0n) is 16.5. The fourth-order valence-electron chi connectivity index (χ4n) is 3.27. The van der Waals surface area contributed by atoms with E-state index in [0.29, 0.717) is 11.6 Å². The summed E-state index contributed by atoms with van der Waals surface area (Å²) in [5, 5.41) is 14.5. The summed E-state index contributed by atoms with van der Waals surface area (Å²) in [6.45, 7) is 0.711. The molecule has 0 unspecified atom stereocenters. The van der Waals surface area contributed by atoms with Gasteiger partial charge in [0.1, 0.15) is 0 Å². The van der Waals surface area contributed by atoms with Crippen LogP contribution < -0.4 is 5.73 Å². The van der Waals surface area contributed by atoms with Gasteiger partial charge in [0.25, 0.3) is 0 Å². The van der Waals surface area contributed by atoms with Crippen LogP contribution in [0.25, 0.3) is 27.6 Å². The molecule has 4 rings (SSSR count). The minimum absolute atomic E-state index is 0.694. The Labute approximate surface area is 187 Å². The van der Waals surface area contributed by atoms with Gasteiger partial charge in [0.05, 0.1) is 16.1 Å². The molecule has 0 aliphatic rings. The second-order valence-corrected chi connectivity index (χ2v) is 7.56. The monoisotopic (exact) mass is 432 g/mol. The number of allylic oxidation sites excluding steroid dienone is 1. The van der Waals surface area contributed by atoms with Gasteiger partial charge in [-0.2, -0.15) is 5.26 Å². The minimum Gasteiger partial charge on any atom is -0.330 e. The maximum Gasteiger partial charge on any atom is 0.0912 e. The molecule has 0 aliphatic heterocycles. The van der Waals surface area contributed by atoms with Crippen molar-refractivity contribution in [2.24, 2.45) is 5.73 Å². The number of rotatable bonds is 4. The molecule has 0 amide bonds. The van der Waals surface area contributed by atoms with Crippen LogP contribution in [0.3, 0.4) is 0 Å². The van der Waals surface area contributed by atoms with Crippen molar-refractivity contribution in [1.29, 1.82) is 5.26 Å².